The van der Waals surface area contributed by atoms with Crippen LogP contribution in [0.2, 0.25) is 5.02 Å². The second-order valence-corrected chi connectivity index (χ2v) is 9.93. The summed E-state index contributed by atoms with van der Waals surface area (Å²) >= 11 is 9.43. The summed E-state index contributed by atoms with van der Waals surface area (Å²) in [6.45, 7) is 6.83. The lowest BCUT2D eigenvalue weighted by Gasteiger charge is -2.26. The minimum atomic E-state index is -0.840. The Balaban J connectivity index is 1.54. The molecule has 10 heteroatoms. The van der Waals surface area contributed by atoms with Gasteiger partial charge >= 0.3 is 6.03 Å². The molecule has 1 fully saturated rings. The molecular formula is C29H26BrClN2O6. The van der Waals surface area contributed by atoms with Crippen LogP contribution >= 0.6 is 27.5 Å². The lowest BCUT2D eigenvalue weighted by molar-refractivity contribution is -0.122. The van der Waals surface area contributed by atoms with Gasteiger partial charge in [0, 0.05) is 5.02 Å². The van der Waals surface area contributed by atoms with Crippen LogP contribution in [0.5, 0.6) is 17.2 Å². The molecule has 0 bridgehead atoms. The quantitative estimate of drug-likeness (QED) is 0.174. The molecule has 3 aromatic rings. The number of nitrogens with zero attached hydrogens (tertiary/aromatic N) is 1. The highest BCUT2D eigenvalue weighted by atomic mass is 79.9. The number of carbonyl (C=O) groups is 3. The van der Waals surface area contributed by atoms with Crippen molar-refractivity contribution in [1.82, 2.24) is 5.32 Å². The Kier molecular flexibility index (Phi) is 8.93. The zero-order valence-electron chi connectivity index (χ0n) is 21.5. The molecule has 0 unspecified atom stereocenters. The SMILES string of the molecule is CCOc1cc(C=C2C(=O)NC(=O)N(c3ccc(Cl)cc3)C2=O)cc(Br)c1OCCOc1ccc(C)c(C)c1. The Labute approximate surface area is 239 Å². The summed E-state index contributed by atoms with van der Waals surface area (Å²) in [7, 11) is 0. The summed E-state index contributed by atoms with van der Waals surface area (Å²) in [6, 6.07) is 14.5. The first-order chi connectivity index (χ1) is 18.7. The Bertz CT molecular complexity index is 1450. The maximum atomic E-state index is 13.2. The van der Waals surface area contributed by atoms with Crippen molar-refractivity contribution in [3.05, 3.63) is 86.4 Å². The van der Waals surface area contributed by atoms with Gasteiger partial charge in [0.15, 0.2) is 11.5 Å². The zero-order chi connectivity index (χ0) is 28.1. The van der Waals surface area contributed by atoms with Crippen molar-refractivity contribution >= 4 is 57.1 Å². The third-order valence-electron chi connectivity index (χ3n) is 5.91. The largest absolute Gasteiger partial charge is 0.490 e. The van der Waals surface area contributed by atoms with Gasteiger partial charge < -0.3 is 14.2 Å². The van der Waals surface area contributed by atoms with E-state index in [1.54, 1.807) is 24.3 Å². The van der Waals surface area contributed by atoms with Gasteiger partial charge in [-0.25, -0.2) is 9.69 Å². The molecule has 1 N–H and O–H groups in total. The van der Waals surface area contributed by atoms with Crippen LogP contribution in [0.25, 0.3) is 6.08 Å². The molecule has 0 spiro atoms. The van der Waals surface area contributed by atoms with Crippen LogP contribution in [0, 0.1) is 13.8 Å². The highest BCUT2D eigenvalue weighted by Crippen LogP contribution is 2.38. The Morgan fingerprint density at radius 2 is 1.64 bits per heavy atom. The molecular weight excluding hydrogens is 588 g/mol. The highest BCUT2D eigenvalue weighted by Gasteiger charge is 2.36. The lowest BCUT2D eigenvalue weighted by atomic mass is 10.1. The van der Waals surface area contributed by atoms with Crippen LogP contribution in [-0.2, 0) is 9.59 Å². The molecule has 4 amide bonds. The molecule has 0 radical (unpaired) electrons. The molecule has 1 heterocycles. The number of rotatable bonds is 9. The van der Waals surface area contributed by atoms with Gasteiger partial charge in [0.05, 0.1) is 16.8 Å². The number of anilines is 1. The number of hydrogen-bond acceptors (Lipinski definition) is 6. The fourth-order valence-electron chi connectivity index (χ4n) is 3.83. The van der Waals surface area contributed by atoms with E-state index in [4.69, 9.17) is 25.8 Å². The maximum Gasteiger partial charge on any atom is 0.335 e. The predicted octanol–water partition coefficient (Wildman–Crippen LogP) is 6.24. The number of carbonyl (C=O) groups excluding carboxylic acids is 3. The van der Waals surface area contributed by atoms with Crippen LogP contribution in [0.1, 0.15) is 23.6 Å². The topological polar surface area (TPSA) is 94.2 Å². The van der Waals surface area contributed by atoms with Gasteiger partial charge in [0.2, 0.25) is 0 Å². The number of amides is 4. The molecule has 1 aliphatic heterocycles. The van der Waals surface area contributed by atoms with E-state index in [2.05, 4.69) is 21.2 Å². The average molecular weight is 614 g/mol. The molecule has 0 aliphatic carbocycles. The molecule has 1 saturated heterocycles. The summed E-state index contributed by atoms with van der Waals surface area (Å²) < 4.78 is 18.1. The van der Waals surface area contributed by atoms with E-state index in [0.717, 1.165) is 16.2 Å². The summed E-state index contributed by atoms with van der Waals surface area (Å²) in [5.74, 6) is 0.0747. The Hall–Kier alpha value is -3.82. The van der Waals surface area contributed by atoms with Crippen molar-refractivity contribution in [3.63, 3.8) is 0 Å². The number of halogens is 2. The van der Waals surface area contributed by atoms with Gasteiger partial charge in [-0.1, -0.05) is 17.7 Å². The molecule has 8 nitrogen and oxygen atoms in total. The normalized spacial score (nSPS) is 14.4. The molecule has 202 valence electrons. The number of aryl methyl sites for hydroxylation is 2. The smallest absolute Gasteiger partial charge is 0.335 e. The summed E-state index contributed by atoms with van der Waals surface area (Å²) in [5.41, 5.74) is 2.89. The number of urea groups is 1. The van der Waals surface area contributed by atoms with E-state index < -0.39 is 17.8 Å². The number of hydrogen-bond donors (Lipinski definition) is 1. The summed E-state index contributed by atoms with van der Waals surface area (Å²) in [6.07, 6.45) is 1.40. The van der Waals surface area contributed by atoms with Crippen LogP contribution in [-0.4, -0.2) is 37.7 Å². The van der Waals surface area contributed by atoms with E-state index in [0.29, 0.717) is 39.8 Å². The van der Waals surface area contributed by atoms with Gasteiger partial charge in [-0.3, -0.25) is 14.9 Å². The van der Waals surface area contributed by atoms with Crippen LogP contribution in [0.3, 0.4) is 0 Å². The van der Waals surface area contributed by atoms with Crippen molar-refractivity contribution < 1.29 is 28.6 Å². The Morgan fingerprint density at radius 1 is 0.923 bits per heavy atom. The summed E-state index contributed by atoms with van der Waals surface area (Å²) in [4.78, 5) is 39.1. The van der Waals surface area contributed by atoms with E-state index in [1.165, 1.54) is 23.8 Å². The summed E-state index contributed by atoms with van der Waals surface area (Å²) in [5, 5.41) is 2.65. The number of ether oxygens (including phenoxy) is 3. The fourth-order valence-corrected chi connectivity index (χ4v) is 4.53. The minimum Gasteiger partial charge on any atom is -0.490 e. The number of nitrogens with one attached hydrogen (secondary N) is 1. The fraction of sp³-hybridized carbons (Fsp3) is 0.207. The standard InChI is InChI=1S/C29H26BrClN2O6/c1-4-37-25-16-19(15-24(30)26(25)39-12-11-38-22-10-5-17(2)18(3)13-22)14-23-27(34)32-29(36)33(28(23)35)21-8-6-20(31)7-9-21/h5-10,13-16H,4,11-12H2,1-3H3,(H,32,34,36). The van der Waals surface area contributed by atoms with E-state index >= 15 is 0 Å². The van der Waals surface area contributed by atoms with E-state index in [-0.39, 0.29) is 17.9 Å². The molecule has 0 aromatic heterocycles. The molecule has 4 rings (SSSR count). The van der Waals surface area contributed by atoms with Gasteiger partial charge in [-0.15, -0.1) is 0 Å². The third kappa shape index (κ3) is 6.61. The van der Waals surface area contributed by atoms with Crippen molar-refractivity contribution in [2.24, 2.45) is 0 Å². The third-order valence-corrected chi connectivity index (χ3v) is 6.75. The van der Waals surface area contributed by atoms with Crippen LogP contribution in [0.15, 0.2) is 64.6 Å². The predicted molar refractivity (Wildman–Crippen MR) is 153 cm³/mol. The molecule has 1 aliphatic rings. The second-order valence-electron chi connectivity index (χ2n) is 8.64. The van der Waals surface area contributed by atoms with Crippen molar-refractivity contribution in [1.29, 1.82) is 0 Å². The maximum absolute atomic E-state index is 13.2. The first kappa shape index (κ1) is 28.2. The molecule has 39 heavy (non-hydrogen) atoms. The number of benzene rings is 3. The van der Waals surface area contributed by atoms with Crippen molar-refractivity contribution in [2.45, 2.75) is 20.8 Å². The second kappa shape index (κ2) is 12.4. The molecule has 0 saturated carbocycles. The van der Waals surface area contributed by atoms with Gasteiger partial charge in [0.25, 0.3) is 11.8 Å². The van der Waals surface area contributed by atoms with Crippen molar-refractivity contribution in [3.8, 4) is 17.2 Å². The van der Waals surface area contributed by atoms with Gasteiger partial charge in [-0.2, -0.15) is 0 Å². The monoisotopic (exact) mass is 612 g/mol. The average Bonchev–Trinajstić information content (AvgIpc) is 2.89. The molecule has 0 atom stereocenters. The number of barbiturate groups is 1. The van der Waals surface area contributed by atoms with Gasteiger partial charge in [0.1, 0.15) is 24.5 Å². The number of imide groups is 2. The lowest BCUT2D eigenvalue weighted by Crippen LogP contribution is -2.54. The highest BCUT2D eigenvalue weighted by molar-refractivity contribution is 9.10. The van der Waals surface area contributed by atoms with Crippen LogP contribution in [0.4, 0.5) is 10.5 Å². The Morgan fingerprint density at radius 3 is 2.33 bits per heavy atom. The van der Waals surface area contributed by atoms with E-state index in [1.807, 2.05) is 39.0 Å². The van der Waals surface area contributed by atoms with Crippen molar-refractivity contribution in [2.75, 3.05) is 24.7 Å². The zero-order valence-corrected chi connectivity index (χ0v) is 23.9. The minimum absolute atomic E-state index is 0.214. The van der Waals surface area contributed by atoms with E-state index in [9.17, 15) is 14.4 Å². The van der Waals surface area contributed by atoms with Gasteiger partial charge in [-0.05, 0) is 108 Å². The van der Waals surface area contributed by atoms with Crippen LogP contribution < -0.4 is 24.4 Å². The molecule has 3 aromatic carbocycles. The first-order valence-electron chi connectivity index (χ1n) is 12.1. The first-order valence-corrected chi connectivity index (χ1v) is 13.3.